The number of aryl methyl sites for hydroxylation is 2. The van der Waals surface area contributed by atoms with Gasteiger partial charge in [0.15, 0.2) is 0 Å². The highest BCUT2D eigenvalue weighted by atomic mass is 32.1. The van der Waals surface area contributed by atoms with Crippen LogP contribution in [0.3, 0.4) is 0 Å². The Morgan fingerprint density at radius 1 is 1.23 bits per heavy atom. The second-order valence-electron chi connectivity index (χ2n) is 8.19. The fraction of sp³-hybridized carbons (Fsp3) is 0.391. The molecule has 1 unspecified atom stereocenters. The number of nitrogens with one attached hydrogen (secondary N) is 1. The van der Waals surface area contributed by atoms with Crippen LogP contribution < -0.4 is 11.1 Å². The molecule has 162 valence electrons. The lowest BCUT2D eigenvalue weighted by molar-refractivity contribution is 0.102. The summed E-state index contributed by atoms with van der Waals surface area (Å²) in [5.41, 5.74) is 9.46. The van der Waals surface area contributed by atoms with Crippen molar-refractivity contribution < 1.29 is 4.79 Å². The molecule has 31 heavy (non-hydrogen) atoms. The van der Waals surface area contributed by atoms with Gasteiger partial charge in [0.2, 0.25) is 0 Å². The molecule has 1 fully saturated rings. The third-order valence-corrected chi connectivity index (χ3v) is 6.77. The summed E-state index contributed by atoms with van der Waals surface area (Å²) in [6, 6.07) is 6.22. The lowest BCUT2D eigenvalue weighted by atomic mass is 9.87. The quantitative estimate of drug-likeness (QED) is 0.476. The van der Waals surface area contributed by atoms with E-state index in [9.17, 15) is 4.79 Å². The van der Waals surface area contributed by atoms with Crippen LogP contribution in [-0.2, 0) is 7.05 Å². The SMILES string of the molecule is C[C@H]1CCCCC1N.Cc1ncc2scc(C(=O)Nc3cccc4c3ncn4C)c2n1. The van der Waals surface area contributed by atoms with Crippen molar-refractivity contribution in [3.63, 3.8) is 0 Å². The molecule has 0 aliphatic heterocycles. The first kappa shape index (κ1) is 21.4. The van der Waals surface area contributed by atoms with Gasteiger partial charge in [-0.2, -0.15) is 0 Å². The average molecular weight is 437 g/mol. The lowest BCUT2D eigenvalue weighted by Crippen LogP contribution is -2.30. The van der Waals surface area contributed by atoms with Crippen LogP contribution in [-0.4, -0.2) is 31.5 Å². The molecular formula is C23H28N6OS. The molecule has 2 atom stereocenters. The van der Waals surface area contributed by atoms with E-state index < -0.39 is 0 Å². The predicted octanol–water partition coefficient (Wildman–Crippen LogP) is 4.66. The zero-order valence-electron chi connectivity index (χ0n) is 18.1. The first-order chi connectivity index (χ1) is 14.9. The third-order valence-electron chi connectivity index (χ3n) is 5.86. The van der Waals surface area contributed by atoms with Crippen molar-refractivity contribution in [2.45, 2.75) is 45.6 Å². The monoisotopic (exact) mass is 436 g/mol. The number of amides is 1. The lowest BCUT2D eigenvalue weighted by Gasteiger charge is -2.24. The smallest absolute Gasteiger partial charge is 0.258 e. The zero-order valence-corrected chi connectivity index (χ0v) is 18.9. The second-order valence-corrected chi connectivity index (χ2v) is 9.10. The number of hydrogen-bond acceptors (Lipinski definition) is 6. The Balaban J connectivity index is 0.000000245. The summed E-state index contributed by atoms with van der Waals surface area (Å²) >= 11 is 1.46. The molecule has 0 radical (unpaired) electrons. The van der Waals surface area contributed by atoms with Crippen LogP contribution in [0.2, 0.25) is 0 Å². The molecule has 1 aliphatic rings. The minimum absolute atomic E-state index is 0.187. The van der Waals surface area contributed by atoms with Gasteiger partial charge in [-0.05, 0) is 37.8 Å². The van der Waals surface area contributed by atoms with E-state index in [0.717, 1.165) is 21.7 Å². The highest BCUT2D eigenvalue weighted by Crippen LogP contribution is 2.26. The van der Waals surface area contributed by atoms with Gasteiger partial charge in [0.05, 0.1) is 33.3 Å². The van der Waals surface area contributed by atoms with Gasteiger partial charge >= 0.3 is 0 Å². The summed E-state index contributed by atoms with van der Waals surface area (Å²) in [5, 5.41) is 4.76. The Hall–Kier alpha value is -2.84. The Morgan fingerprint density at radius 2 is 2.03 bits per heavy atom. The summed E-state index contributed by atoms with van der Waals surface area (Å²) in [6.45, 7) is 4.07. The number of nitrogens with zero attached hydrogens (tertiary/aromatic N) is 4. The zero-order chi connectivity index (χ0) is 22.0. The largest absolute Gasteiger partial charge is 0.334 e. The standard InChI is InChI=1S/C16H13N5OS.C7H15N/c1-9-17-6-13-14(19-9)10(7-23-13)16(22)20-11-4-3-5-12-15(11)18-8-21(12)2;1-6-4-2-3-5-7(6)8/h3-8H,1-2H3,(H,20,22);6-7H,2-5,8H2,1H3/t;6-,7?/m.0/s1. The topological polar surface area (TPSA) is 98.7 Å². The molecule has 8 heteroatoms. The number of fused-ring (bicyclic) bond motifs is 2. The van der Waals surface area contributed by atoms with E-state index in [1.165, 1.54) is 37.0 Å². The normalized spacial score (nSPS) is 18.6. The van der Waals surface area contributed by atoms with Crippen LogP contribution in [0.5, 0.6) is 0 Å². The molecular weight excluding hydrogens is 408 g/mol. The number of anilines is 1. The highest BCUT2D eigenvalue weighted by molar-refractivity contribution is 7.17. The summed E-state index contributed by atoms with van der Waals surface area (Å²) in [7, 11) is 1.92. The number of imidazole rings is 1. The summed E-state index contributed by atoms with van der Waals surface area (Å²) < 4.78 is 2.82. The molecule has 3 heterocycles. The maximum Gasteiger partial charge on any atom is 0.258 e. The maximum absolute atomic E-state index is 12.7. The molecule has 1 aliphatic carbocycles. The van der Waals surface area contributed by atoms with Gasteiger partial charge in [-0.15, -0.1) is 11.3 Å². The Morgan fingerprint density at radius 3 is 2.77 bits per heavy atom. The fourth-order valence-corrected chi connectivity index (χ4v) is 4.72. The van der Waals surface area contributed by atoms with Crippen molar-refractivity contribution in [2.24, 2.45) is 18.7 Å². The molecule has 4 aromatic rings. The van der Waals surface area contributed by atoms with Crippen molar-refractivity contribution in [3.05, 3.63) is 47.5 Å². The second kappa shape index (κ2) is 9.11. The van der Waals surface area contributed by atoms with Gasteiger partial charge in [-0.25, -0.2) is 15.0 Å². The van der Waals surface area contributed by atoms with E-state index in [-0.39, 0.29) is 5.91 Å². The first-order valence-electron chi connectivity index (χ1n) is 10.6. The number of hydrogen-bond donors (Lipinski definition) is 2. The number of benzene rings is 1. The van der Waals surface area contributed by atoms with Gasteiger partial charge in [0.1, 0.15) is 11.3 Å². The summed E-state index contributed by atoms with van der Waals surface area (Å²) in [5.74, 6) is 1.24. The molecule has 3 N–H and O–H groups in total. The van der Waals surface area contributed by atoms with Crippen LogP contribution in [0.1, 0.15) is 48.8 Å². The number of carbonyl (C=O) groups is 1. The van der Waals surface area contributed by atoms with Gasteiger partial charge in [0, 0.05) is 24.7 Å². The van der Waals surface area contributed by atoms with E-state index in [2.05, 4.69) is 27.2 Å². The van der Waals surface area contributed by atoms with Gasteiger partial charge in [-0.3, -0.25) is 4.79 Å². The predicted molar refractivity (Wildman–Crippen MR) is 126 cm³/mol. The van der Waals surface area contributed by atoms with Crippen molar-refractivity contribution in [2.75, 3.05) is 5.32 Å². The third kappa shape index (κ3) is 4.60. The highest BCUT2D eigenvalue weighted by Gasteiger charge is 2.17. The average Bonchev–Trinajstić information content (AvgIpc) is 3.35. The van der Waals surface area contributed by atoms with Crippen molar-refractivity contribution in [3.8, 4) is 0 Å². The number of aromatic nitrogens is 4. The number of rotatable bonds is 2. The van der Waals surface area contributed by atoms with Crippen molar-refractivity contribution in [1.29, 1.82) is 0 Å². The molecule has 5 rings (SSSR count). The van der Waals surface area contributed by atoms with Gasteiger partial charge in [0.25, 0.3) is 5.91 Å². The molecule has 0 spiro atoms. The van der Waals surface area contributed by atoms with Crippen LogP contribution in [0.15, 0.2) is 36.1 Å². The fourth-order valence-electron chi connectivity index (χ4n) is 3.87. The Bertz CT molecular complexity index is 1200. The van der Waals surface area contributed by atoms with Crippen molar-refractivity contribution in [1.82, 2.24) is 19.5 Å². The molecule has 1 amide bonds. The number of thiophene rings is 1. The summed E-state index contributed by atoms with van der Waals surface area (Å²) in [4.78, 5) is 25.6. The molecule has 7 nitrogen and oxygen atoms in total. The molecule has 0 bridgehead atoms. The van der Waals surface area contributed by atoms with Crippen LogP contribution >= 0.6 is 11.3 Å². The minimum Gasteiger partial charge on any atom is -0.334 e. The van der Waals surface area contributed by atoms with Crippen LogP contribution in [0.4, 0.5) is 5.69 Å². The Labute approximate surface area is 185 Å². The number of para-hydroxylation sites is 1. The molecule has 1 saturated carbocycles. The minimum atomic E-state index is -0.187. The van der Waals surface area contributed by atoms with E-state index in [0.29, 0.717) is 28.6 Å². The molecule has 1 aromatic carbocycles. The first-order valence-corrected chi connectivity index (χ1v) is 11.5. The van der Waals surface area contributed by atoms with E-state index in [4.69, 9.17) is 5.73 Å². The van der Waals surface area contributed by atoms with E-state index in [1.54, 1.807) is 12.5 Å². The molecule has 0 saturated heterocycles. The summed E-state index contributed by atoms with van der Waals surface area (Å²) in [6.07, 6.45) is 8.83. The van der Waals surface area contributed by atoms with E-state index in [1.807, 2.05) is 42.1 Å². The van der Waals surface area contributed by atoms with Gasteiger partial charge in [-0.1, -0.05) is 25.8 Å². The number of carbonyl (C=O) groups excluding carboxylic acids is 1. The van der Waals surface area contributed by atoms with Crippen LogP contribution in [0.25, 0.3) is 21.3 Å². The Kier molecular flexibility index (Phi) is 6.29. The number of nitrogens with two attached hydrogens (primary N) is 1. The van der Waals surface area contributed by atoms with Gasteiger partial charge < -0.3 is 15.6 Å². The van der Waals surface area contributed by atoms with E-state index >= 15 is 0 Å². The molecule has 3 aromatic heterocycles. The van der Waals surface area contributed by atoms with Crippen molar-refractivity contribution >= 4 is 44.2 Å². The maximum atomic E-state index is 12.7. The van der Waals surface area contributed by atoms with Crippen LogP contribution in [0, 0.1) is 12.8 Å².